The molecule has 88 valence electrons. The summed E-state index contributed by atoms with van der Waals surface area (Å²) in [5.74, 6) is 0. The lowest BCUT2D eigenvalue weighted by atomic mass is 10.0. The maximum absolute atomic E-state index is 6.37. The number of alkyl halides is 2. The molecule has 0 heterocycles. The highest BCUT2D eigenvalue weighted by atomic mass is 35.5. The van der Waals surface area contributed by atoms with Crippen LogP contribution in [-0.4, -0.2) is 0 Å². The molecule has 17 heavy (non-hydrogen) atoms. The van der Waals surface area contributed by atoms with Crippen LogP contribution in [0.15, 0.2) is 60.7 Å². The van der Waals surface area contributed by atoms with E-state index < -0.39 is 0 Å². The van der Waals surface area contributed by atoms with Crippen LogP contribution in [0, 0.1) is 0 Å². The first-order chi connectivity index (χ1) is 8.27. The Kier molecular flexibility index (Phi) is 4.47. The smallest absolute Gasteiger partial charge is 0.0602 e. The summed E-state index contributed by atoms with van der Waals surface area (Å²) in [4.78, 5) is 0. The fraction of sp³-hybridized carbons (Fsp3) is 0.200. The molecule has 2 heteroatoms. The SMILES string of the molecule is ClC(CC(Cl)c1ccccc1)c1ccccc1. The van der Waals surface area contributed by atoms with Gasteiger partial charge in [0.1, 0.15) is 0 Å². The van der Waals surface area contributed by atoms with E-state index >= 15 is 0 Å². The Morgan fingerprint density at radius 1 is 0.647 bits per heavy atom. The molecule has 2 atom stereocenters. The number of benzene rings is 2. The zero-order valence-electron chi connectivity index (χ0n) is 9.39. The molecule has 0 saturated carbocycles. The lowest BCUT2D eigenvalue weighted by Crippen LogP contribution is -1.97. The molecule has 0 spiro atoms. The number of hydrogen-bond donors (Lipinski definition) is 0. The van der Waals surface area contributed by atoms with Crippen molar-refractivity contribution >= 4 is 23.2 Å². The van der Waals surface area contributed by atoms with Crippen LogP contribution in [0.4, 0.5) is 0 Å². The van der Waals surface area contributed by atoms with Gasteiger partial charge in [-0.1, -0.05) is 60.7 Å². The zero-order valence-corrected chi connectivity index (χ0v) is 10.9. The minimum atomic E-state index is -0.0427. The van der Waals surface area contributed by atoms with Crippen LogP contribution < -0.4 is 0 Å². The molecule has 0 aliphatic heterocycles. The maximum atomic E-state index is 6.37. The van der Waals surface area contributed by atoms with Gasteiger partial charge in [-0.25, -0.2) is 0 Å². The molecule has 0 bridgehead atoms. The van der Waals surface area contributed by atoms with Gasteiger partial charge in [0.2, 0.25) is 0 Å². The number of hydrogen-bond acceptors (Lipinski definition) is 0. The highest BCUT2D eigenvalue weighted by molar-refractivity contribution is 6.23. The van der Waals surface area contributed by atoms with Gasteiger partial charge in [-0.15, -0.1) is 23.2 Å². The summed E-state index contributed by atoms with van der Waals surface area (Å²) in [6, 6.07) is 20.1. The van der Waals surface area contributed by atoms with Gasteiger partial charge in [0.05, 0.1) is 10.8 Å². The van der Waals surface area contributed by atoms with Crippen molar-refractivity contribution in [2.24, 2.45) is 0 Å². The Labute approximate surface area is 112 Å². The van der Waals surface area contributed by atoms with Gasteiger partial charge in [-0.2, -0.15) is 0 Å². The summed E-state index contributed by atoms with van der Waals surface area (Å²) in [5, 5.41) is -0.0854. The second-order valence-corrected chi connectivity index (χ2v) is 5.05. The van der Waals surface area contributed by atoms with Gasteiger partial charge in [-0.3, -0.25) is 0 Å². The zero-order chi connectivity index (χ0) is 12.1. The Morgan fingerprint density at radius 2 is 1.00 bits per heavy atom. The van der Waals surface area contributed by atoms with Gasteiger partial charge in [-0.05, 0) is 17.5 Å². The van der Waals surface area contributed by atoms with E-state index in [4.69, 9.17) is 23.2 Å². The standard InChI is InChI=1S/C15H14Cl2/c16-14(12-7-3-1-4-8-12)11-15(17)13-9-5-2-6-10-13/h1-10,14-15H,11H2. The van der Waals surface area contributed by atoms with Gasteiger partial charge >= 0.3 is 0 Å². The van der Waals surface area contributed by atoms with E-state index in [2.05, 4.69) is 0 Å². The Hall–Kier alpha value is -0.980. The lowest BCUT2D eigenvalue weighted by Gasteiger charge is -2.14. The van der Waals surface area contributed by atoms with Crippen molar-refractivity contribution in [3.05, 3.63) is 71.8 Å². The molecular formula is C15H14Cl2. The predicted octanol–water partition coefficient (Wildman–Crippen LogP) is 5.34. The first-order valence-electron chi connectivity index (χ1n) is 5.65. The van der Waals surface area contributed by atoms with Crippen molar-refractivity contribution < 1.29 is 0 Å². The molecule has 0 amide bonds. The normalized spacial score (nSPS) is 14.2. The number of rotatable bonds is 4. The molecule has 0 N–H and O–H groups in total. The summed E-state index contributed by atoms with van der Waals surface area (Å²) in [6.07, 6.45) is 0.733. The molecule has 0 nitrogen and oxygen atoms in total. The fourth-order valence-corrected chi connectivity index (χ4v) is 2.52. The van der Waals surface area contributed by atoms with Crippen LogP contribution in [0.1, 0.15) is 28.3 Å². The first-order valence-corrected chi connectivity index (χ1v) is 6.52. The van der Waals surface area contributed by atoms with E-state index in [-0.39, 0.29) is 10.8 Å². The Morgan fingerprint density at radius 3 is 1.35 bits per heavy atom. The van der Waals surface area contributed by atoms with E-state index in [0.29, 0.717) is 0 Å². The van der Waals surface area contributed by atoms with Gasteiger partial charge in [0.25, 0.3) is 0 Å². The molecule has 2 aromatic carbocycles. The summed E-state index contributed by atoms with van der Waals surface area (Å²) in [5.41, 5.74) is 2.24. The monoisotopic (exact) mass is 264 g/mol. The average molecular weight is 265 g/mol. The molecule has 0 fully saturated rings. The molecule has 0 saturated heterocycles. The van der Waals surface area contributed by atoms with E-state index in [1.165, 1.54) is 0 Å². The predicted molar refractivity (Wildman–Crippen MR) is 74.7 cm³/mol. The number of halogens is 2. The molecule has 0 radical (unpaired) electrons. The van der Waals surface area contributed by atoms with Crippen LogP contribution in [0.3, 0.4) is 0 Å². The van der Waals surface area contributed by atoms with Gasteiger partial charge in [0, 0.05) is 0 Å². The largest absolute Gasteiger partial charge is 0.118 e. The highest BCUT2D eigenvalue weighted by Crippen LogP contribution is 2.34. The van der Waals surface area contributed by atoms with Crippen molar-refractivity contribution in [3.8, 4) is 0 Å². The minimum Gasteiger partial charge on any atom is -0.118 e. The maximum Gasteiger partial charge on any atom is 0.0602 e. The summed E-state index contributed by atoms with van der Waals surface area (Å²) < 4.78 is 0. The Balaban J connectivity index is 2.02. The van der Waals surface area contributed by atoms with Crippen LogP contribution in [0.2, 0.25) is 0 Å². The van der Waals surface area contributed by atoms with Gasteiger partial charge in [0.15, 0.2) is 0 Å². The molecule has 2 unspecified atom stereocenters. The lowest BCUT2D eigenvalue weighted by molar-refractivity contribution is 0.769. The van der Waals surface area contributed by atoms with Crippen molar-refractivity contribution in [2.75, 3.05) is 0 Å². The summed E-state index contributed by atoms with van der Waals surface area (Å²) >= 11 is 12.7. The molecule has 0 aliphatic rings. The average Bonchev–Trinajstić information content (AvgIpc) is 2.40. The highest BCUT2D eigenvalue weighted by Gasteiger charge is 2.15. The van der Waals surface area contributed by atoms with E-state index in [9.17, 15) is 0 Å². The Bertz CT molecular complexity index is 395. The van der Waals surface area contributed by atoms with Crippen LogP contribution in [0.5, 0.6) is 0 Å². The quantitative estimate of drug-likeness (QED) is 0.655. The third-order valence-corrected chi connectivity index (χ3v) is 3.60. The fourth-order valence-electron chi connectivity index (χ4n) is 1.78. The van der Waals surface area contributed by atoms with Crippen molar-refractivity contribution in [2.45, 2.75) is 17.2 Å². The third kappa shape index (κ3) is 3.49. The van der Waals surface area contributed by atoms with Crippen molar-refractivity contribution in [3.63, 3.8) is 0 Å². The molecule has 2 aromatic rings. The molecule has 0 aromatic heterocycles. The summed E-state index contributed by atoms with van der Waals surface area (Å²) in [6.45, 7) is 0. The molecule has 0 aliphatic carbocycles. The van der Waals surface area contributed by atoms with Crippen molar-refractivity contribution in [1.29, 1.82) is 0 Å². The topological polar surface area (TPSA) is 0 Å². The first kappa shape index (κ1) is 12.5. The second kappa shape index (κ2) is 6.09. The van der Waals surface area contributed by atoms with Crippen molar-refractivity contribution in [1.82, 2.24) is 0 Å². The van der Waals surface area contributed by atoms with Crippen LogP contribution in [0.25, 0.3) is 0 Å². The van der Waals surface area contributed by atoms with E-state index in [1.54, 1.807) is 0 Å². The van der Waals surface area contributed by atoms with Gasteiger partial charge < -0.3 is 0 Å². The molecule has 2 rings (SSSR count). The van der Waals surface area contributed by atoms with E-state index in [0.717, 1.165) is 17.5 Å². The van der Waals surface area contributed by atoms with E-state index in [1.807, 2.05) is 60.7 Å². The van der Waals surface area contributed by atoms with Crippen LogP contribution in [-0.2, 0) is 0 Å². The third-order valence-electron chi connectivity index (χ3n) is 2.74. The summed E-state index contributed by atoms with van der Waals surface area (Å²) in [7, 11) is 0. The second-order valence-electron chi connectivity index (χ2n) is 3.99. The minimum absolute atomic E-state index is 0.0427. The molecular weight excluding hydrogens is 251 g/mol. The van der Waals surface area contributed by atoms with Crippen LogP contribution >= 0.6 is 23.2 Å².